The van der Waals surface area contributed by atoms with Crippen molar-refractivity contribution in [3.8, 4) is 5.75 Å². The number of rotatable bonds is 4. The van der Waals surface area contributed by atoms with E-state index in [-0.39, 0.29) is 17.6 Å². The van der Waals surface area contributed by atoms with Crippen molar-refractivity contribution in [1.82, 2.24) is 0 Å². The van der Waals surface area contributed by atoms with Crippen molar-refractivity contribution in [2.45, 2.75) is 24.8 Å². The van der Waals surface area contributed by atoms with Crippen molar-refractivity contribution in [2.75, 3.05) is 17.3 Å². The molecular weight excluding hydrogens is 543 g/mol. The smallest absolute Gasteiger partial charge is 0.259 e. The van der Waals surface area contributed by atoms with E-state index in [0.29, 0.717) is 51.1 Å². The second kappa shape index (κ2) is 10.8. The largest absolute Gasteiger partial charge is 0.497 e. The van der Waals surface area contributed by atoms with Crippen LogP contribution in [0.2, 0.25) is 10.0 Å². The van der Waals surface area contributed by atoms with Crippen molar-refractivity contribution in [3.63, 3.8) is 0 Å². The molecule has 1 heterocycles. The van der Waals surface area contributed by atoms with Gasteiger partial charge < -0.3 is 10.1 Å². The molecule has 7 heteroatoms. The second-order valence-electron chi connectivity index (χ2n) is 9.98. The van der Waals surface area contributed by atoms with Crippen LogP contribution in [0.25, 0.3) is 0 Å². The van der Waals surface area contributed by atoms with Crippen LogP contribution in [0.1, 0.15) is 46.3 Å². The van der Waals surface area contributed by atoms with Gasteiger partial charge in [0.1, 0.15) is 5.75 Å². The lowest BCUT2D eigenvalue weighted by Gasteiger charge is -2.35. The Labute approximate surface area is 243 Å². The van der Waals surface area contributed by atoms with Gasteiger partial charge >= 0.3 is 0 Å². The van der Waals surface area contributed by atoms with Gasteiger partial charge in [0.05, 0.1) is 24.5 Å². The average Bonchev–Trinajstić information content (AvgIpc) is 3.12. The number of ketones is 1. The van der Waals surface area contributed by atoms with E-state index in [1.807, 2.05) is 48.5 Å². The number of halogens is 2. The lowest BCUT2D eigenvalue weighted by Crippen LogP contribution is -2.38. The molecule has 5 nitrogen and oxygen atoms in total. The maximum absolute atomic E-state index is 14.4. The van der Waals surface area contributed by atoms with Crippen LogP contribution in [0.3, 0.4) is 0 Å². The van der Waals surface area contributed by atoms with E-state index in [9.17, 15) is 9.59 Å². The number of Topliss-reactive ketones (excluding diaryl/α,β-unsaturated/α-hetero) is 1. The molecule has 0 saturated heterocycles. The van der Waals surface area contributed by atoms with Crippen LogP contribution >= 0.6 is 23.2 Å². The molecule has 0 unspecified atom stereocenters. The zero-order valence-corrected chi connectivity index (χ0v) is 23.2. The molecule has 2 aliphatic rings. The molecule has 0 spiro atoms. The van der Waals surface area contributed by atoms with Gasteiger partial charge in [-0.15, -0.1) is 0 Å². The third-order valence-electron chi connectivity index (χ3n) is 7.53. The number of carbonyl (C=O) groups excluding carboxylic acids is 2. The Balaban J connectivity index is 1.59. The molecule has 2 atom stereocenters. The van der Waals surface area contributed by atoms with Crippen molar-refractivity contribution < 1.29 is 14.3 Å². The minimum absolute atomic E-state index is 0.00654. The third-order valence-corrected chi connectivity index (χ3v) is 8.02. The van der Waals surface area contributed by atoms with Gasteiger partial charge in [-0.1, -0.05) is 65.7 Å². The van der Waals surface area contributed by atoms with Gasteiger partial charge in [-0.05, 0) is 78.1 Å². The number of amides is 1. The molecule has 1 N–H and O–H groups in total. The number of nitrogens with zero attached hydrogens (tertiary/aromatic N) is 1. The van der Waals surface area contributed by atoms with Gasteiger partial charge in [-0.25, -0.2) is 0 Å². The van der Waals surface area contributed by atoms with Gasteiger partial charge in [0.25, 0.3) is 5.91 Å². The summed E-state index contributed by atoms with van der Waals surface area (Å²) >= 11 is 12.6. The maximum Gasteiger partial charge on any atom is 0.259 e. The number of nitrogens with one attached hydrogen (secondary N) is 1. The molecule has 0 saturated carbocycles. The Morgan fingerprint density at radius 3 is 2.33 bits per heavy atom. The highest BCUT2D eigenvalue weighted by Crippen LogP contribution is 2.48. The van der Waals surface area contributed by atoms with Gasteiger partial charge in [0.2, 0.25) is 0 Å². The third kappa shape index (κ3) is 4.87. The number of allylic oxidation sites excluding steroid dienone is 1. The fourth-order valence-corrected chi connectivity index (χ4v) is 5.96. The topological polar surface area (TPSA) is 58.6 Å². The number of methoxy groups -OCH3 is 1. The number of ether oxygens (including phenoxy) is 1. The highest BCUT2D eigenvalue weighted by Gasteiger charge is 2.42. The van der Waals surface area contributed by atoms with Crippen molar-refractivity contribution in [3.05, 3.63) is 135 Å². The monoisotopic (exact) mass is 568 g/mol. The Hall–Kier alpha value is -4.06. The summed E-state index contributed by atoms with van der Waals surface area (Å²) in [6, 6.07) is 29.1. The van der Waals surface area contributed by atoms with Gasteiger partial charge in [-0.3, -0.25) is 14.5 Å². The Bertz CT molecular complexity index is 1630. The number of anilines is 2. The van der Waals surface area contributed by atoms with E-state index in [4.69, 9.17) is 27.9 Å². The average molecular weight is 569 g/mol. The SMILES string of the molecule is COc1cccc([C@H]2C3=C(C[C@H](c4ccccc4)CC3=O)Nc3cc(Cl)ccc3N2C(=O)c2ccc(Cl)cc2)c1. The first-order valence-corrected chi connectivity index (χ1v) is 13.8. The summed E-state index contributed by atoms with van der Waals surface area (Å²) in [6.07, 6.45) is 0.950. The number of benzene rings is 4. The molecule has 1 aliphatic carbocycles. The van der Waals surface area contributed by atoms with E-state index in [0.717, 1.165) is 16.8 Å². The van der Waals surface area contributed by atoms with Crippen LogP contribution in [0.4, 0.5) is 11.4 Å². The van der Waals surface area contributed by atoms with E-state index < -0.39 is 6.04 Å². The zero-order valence-electron chi connectivity index (χ0n) is 21.7. The molecular formula is C33H26Cl2N2O3. The molecule has 4 aromatic rings. The predicted molar refractivity (Wildman–Crippen MR) is 160 cm³/mol. The Morgan fingerprint density at radius 1 is 0.850 bits per heavy atom. The number of fused-ring (bicyclic) bond motifs is 1. The summed E-state index contributed by atoms with van der Waals surface area (Å²) in [5.74, 6) is 0.370. The molecule has 0 fully saturated rings. The summed E-state index contributed by atoms with van der Waals surface area (Å²) in [5, 5.41) is 4.59. The minimum Gasteiger partial charge on any atom is -0.497 e. The second-order valence-corrected chi connectivity index (χ2v) is 10.9. The number of hydrogen-bond donors (Lipinski definition) is 1. The lowest BCUT2D eigenvalue weighted by atomic mass is 9.78. The van der Waals surface area contributed by atoms with E-state index in [1.165, 1.54) is 0 Å². The van der Waals surface area contributed by atoms with E-state index in [1.54, 1.807) is 48.4 Å². The van der Waals surface area contributed by atoms with Gasteiger partial charge in [-0.2, -0.15) is 0 Å². The lowest BCUT2D eigenvalue weighted by molar-refractivity contribution is -0.116. The molecule has 1 aliphatic heterocycles. The van der Waals surface area contributed by atoms with Gasteiger partial charge in [0, 0.05) is 33.3 Å². The van der Waals surface area contributed by atoms with Crippen LogP contribution in [-0.4, -0.2) is 18.8 Å². The first kappa shape index (κ1) is 26.2. The normalized spacial score (nSPS) is 18.4. The Kier molecular flexibility index (Phi) is 7.09. The maximum atomic E-state index is 14.4. The summed E-state index contributed by atoms with van der Waals surface area (Å²) in [7, 11) is 1.60. The molecule has 4 aromatic carbocycles. The van der Waals surface area contributed by atoms with Gasteiger partial charge in [0.15, 0.2) is 5.78 Å². The minimum atomic E-state index is -0.701. The first-order chi connectivity index (χ1) is 19.4. The summed E-state index contributed by atoms with van der Waals surface area (Å²) in [4.78, 5) is 30.2. The van der Waals surface area contributed by atoms with Crippen LogP contribution in [0.15, 0.2) is 108 Å². The van der Waals surface area contributed by atoms with Crippen LogP contribution in [-0.2, 0) is 4.79 Å². The fourth-order valence-electron chi connectivity index (χ4n) is 5.66. The molecule has 0 bridgehead atoms. The highest BCUT2D eigenvalue weighted by molar-refractivity contribution is 6.31. The fraction of sp³-hybridized carbons (Fsp3) is 0.152. The molecule has 1 amide bonds. The summed E-state index contributed by atoms with van der Waals surface area (Å²) in [5.41, 5.74) is 4.96. The molecule has 0 radical (unpaired) electrons. The predicted octanol–water partition coefficient (Wildman–Crippen LogP) is 8.22. The first-order valence-electron chi connectivity index (χ1n) is 13.0. The van der Waals surface area contributed by atoms with Crippen LogP contribution < -0.4 is 15.0 Å². The van der Waals surface area contributed by atoms with Crippen LogP contribution in [0, 0.1) is 0 Å². The summed E-state index contributed by atoms with van der Waals surface area (Å²) in [6.45, 7) is 0. The molecule has 0 aromatic heterocycles. The standard InChI is InChI=1S/C33H26Cl2N2O3/c1-40-26-9-5-8-22(16-26)32-31-28(17-23(18-30(31)38)20-6-3-2-4-7-20)36-27-19-25(35)14-15-29(27)37(32)33(39)21-10-12-24(34)13-11-21/h2-16,19,23,32,36H,17-18H2,1H3/t23-,32-/m0/s1. The molecule has 6 rings (SSSR count). The quantitative estimate of drug-likeness (QED) is 0.269. The molecule has 200 valence electrons. The van der Waals surface area contributed by atoms with Crippen molar-refractivity contribution >= 4 is 46.3 Å². The number of carbonyl (C=O) groups is 2. The van der Waals surface area contributed by atoms with E-state index >= 15 is 0 Å². The summed E-state index contributed by atoms with van der Waals surface area (Å²) < 4.78 is 5.54. The van der Waals surface area contributed by atoms with E-state index in [2.05, 4.69) is 17.4 Å². The zero-order chi connectivity index (χ0) is 27.8. The van der Waals surface area contributed by atoms with Crippen molar-refractivity contribution in [2.24, 2.45) is 0 Å². The number of hydrogen-bond acceptors (Lipinski definition) is 4. The highest BCUT2D eigenvalue weighted by atomic mass is 35.5. The Morgan fingerprint density at radius 2 is 1.57 bits per heavy atom. The van der Waals surface area contributed by atoms with Crippen molar-refractivity contribution in [1.29, 1.82) is 0 Å². The molecule has 40 heavy (non-hydrogen) atoms. The van der Waals surface area contributed by atoms with Crippen LogP contribution in [0.5, 0.6) is 5.75 Å².